The van der Waals surface area contributed by atoms with E-state index in [1.54, 1.807) is 7.05 Å². The van der Waals surface area contributed by atoms with Gasteiger partial charge in [0.05, 0.1) is 0 Å². The molecule has 0 unspecified atom stereocenters. The summed E-state index contributed by atoms with van der Waals surface area (Å²) in [5.74, 6) is 1.82. The van der Waals surface area contributed by atoms with Gasteiger partial charge in [-0.15, -0.1) is 6.42 Å². The number of likely N-dealkylation sites (tertiary alicyclic amines) is 1. The molecule has 0 saturated carbocycles. The predicted octanol–water partition coefficient (Wildman–Crippen LogP) is -0.00700. The van der Waals surface area contributed by atoms with Gasteiger partial charge < -0.3 is 10.0 Å². The molecule has 1 heterocycles. The molecule has 0 aromatic carbocycles. The summed E-state index contributed by atoms with van der Waals surface area (Å²) in [6, 6.07) is 0. The summed E-state index contributed by atoms with van der Waals surface area (Å²) in [6.07, 6.45) is 7.21. The van der Waals surface area contributed by atoms with Crippen LogP contribution in [0.4, 0.5) is 0 Å². The molecule has 1 fully saturated rings. The third-order valence-electron chi connectivity index (χ3n) is 2.22. The molecule has 1 N–H and O–H groups in total. The van der Waals surface area contributed by atoms with Gasteiger partial charge in [-0.05, 0) is 19.3 Å². The number of hydrogen-bond donors (Lipinski definition) is 1. The van der Waals surface area contributed by atoms with Gasteiger partial charge in [0.25, 0.3) is 5.91 Å². The lowest BCUT2D eigenvalue weighted by Gasteiger charge is -2.23. The summed E-state index contributed by atoms with van der Waals surface area (Å²) >= 11 is 0. The van der Waals surface area contributed by atoms with E-state index >= 15 is 0 Å². The van der Waals surface area contributed by atoms with Gasteiger partial charge in [0.1, 0.15) is 0 Å². The highest BCUT2D eigenvalue weighted by Gasteiger charge is 2.37. The average molecular weight is 167 g/mol. The Bertz CT molecular complexity index is 231. The molecule has 0 aromatic heterocycles. The lowest BCUT2D eigenvalue weighted by molar-refractivity contribution is -0.143. The van der Waals surface area contributed by atoms with Crippen molar-refractivity contribution in [1.29, 1.82) is 0 Å². The van der Waals surface area contributed by atoms with Crippen LogP contribution in [-0.4, -0.2) is 35.1 Å². The average Bonchev–Trinajstić information content (AvgIpc) is 2.20. The molecule has 0 radical (unpaired) electrons. The van der Waals surface area contributed by atoms with Gasteiger partial charge in [0.15, 0.2) is 0 Å². The highest BCUT2D eigenvalue weighted by molar-refractivity contribution is 5.88. The first kappa shape index (κ1) is 9.08. The first-order valence-electron chi connectivity index (χ1n) is 4.06. The summed E-state index contributed by atoms with van der Waals surface area (Å²) in [7, 11) is 1.66. The van der Waals surface area contributed by atoms with Gasteiger partial charge in [-0.3, -0.25) is 4.79 Å². The van der Waals surface area contributed by atoms with Crippen molar-refractivity contribution >= 4 is 5.91 Å². The van der Waals surface area contributed by atoms with Crippen LogP contribution in [0.5, 0.6) is 0 Å². The molecule has 1 atom stereocenters. The van der Waals surface area contributed by atoms with Gasteiger partial charge in [0.2, 0.25) is 5.60 Å². The number of terminal acetylenes is 1. The quantitative estimate of drug-likeness (QED) is 0.516. The molecule has 3 heteroatoms. The minimum absolute atomic E-state index is 0.345. The van der Waals surface area contributed by atoms with Crippen molar-refractivity contribution in [1.82, 2.24) is 4.90 Å². The van der Waals surface area contributed by atoms with Crippen molar-refractivity contribution in [2.24, 2.45) is 0 Å². The maximum absolute atomic E-state index is 11.4. The van der Waals surface area contributed by atoms with Gasteiger partial charge in [-0.25, -0.2) is 0 Å². The van der Waals surface area contributed by atoms with E-state index in [2.05, 4.69) is 5.92 Å². The molecular weight excluding hydrogens is 154 g/mol. The number of carbonyl (C=O) groups excluding carboxylic acids is 1. The summed E-state index contributed by atoms with van der Waals surface area (Å²) in [4.78, 5) is 12.9. The van der Waals surface area contributed by atoms with Crippen LogP contribution in [0.25, 0.3) is 0 Å². The van der Waals surface area contributed by atoms with Crippen molar-refractivity contribution in [2.45, 2.75) is 24.9 Å². The van der Waals surface area contributed by atoms with Crippen molar-refractivity contribution in [3.05, 3.63) is 0 Å². The topological polar surface area (TPSA) is 40.5 Å². The van der Waals surface area contributed by atoms with Gasteiger partial charge in [-0.2, -0.15) is 0 Å². The monoisotopic (exact) mass is 167 g/mol. The van der Waals surface area contributed by atoms with Crippen molar-refractivity contribution < 1.29 is 9.90 Å². The first-order valence-corrected chi connectivity index (χ1v) is 4.06. The van der Waals surface area contributed by atoms with E-state index in [1.165, 1.54) is 4.90 Å². The van der Waals surface area contributed by atoms with Crippen LogP contribution < -0.4 is 0 Å². The lowest BCUT2D eigenvalue weighted by atomic mass is 9.98. The maximum Gasteiger partial charge on any atom is 0.266 e. The number of carbonyl (C=O) groups is 1. The molecule has 0 bridgehead atoms. The lowest BCUT2D eigenvalue weighted by Crippen LogP contribution is -2.44. The third-order valence-corrected chi connectivity index (χ3v) is 2.22. The second-order valence-electron chi connectivity index (χ2n) is 3.19. The van der Waals surface area contributed by atoms with E-state index in [9.17, 15) is 9.90 Å². The Morgan fingerprint density at radius 2 is 2.33 bits per heavy atom. The highest BCUT2D eigenvalue weighted by atomic mass is 16.3. The van der Waals surface area contributed by atoms with E-state index in [0.717, 1.165) is 12.8 Å². The molecule has 1 aliphatic heterocycles. The third kappa shape index (κ3) is 1.44. The molecule has 66 valence electrons. The number of amides is 1. The number of aliphatic hydroxyl groups is 1. The van der Waals surface area contributed by atoms with E-state index in [-0.39, 0.29) is 5.91 Å². The molecule has 3 nitrogen and oxygen atoms in total. The Hall–Kier alpha value is -1.01. The fraction of sp³-hybridized carbons (Fsp3) is 0.667. The summed E-state index contributed by atoms with van der Waals surface area (Å²) in [6.45, 7) is 0.683. The molecule has 0 aliphatic carbocycles. The van der Waals surface area contributed by atoms with Crippen LogP contribution in [0.15, 0.2) is 0 Å². The zero-order chi connectivity index (χ0) is 9.19. The van der Waals surface area contributed by atoms with E-state index in [0.29, 0.717) is 13.0 Å². The summed E-state index contributed by atoms with van der Waals surface area (Å²) in [5.41, 5.74) is -1.55. The second-order valence-corrected chi connectivity index (χ2v) is 3.19. The molecule has 0 spiro atoms. The van der Waals surface area contributed by atoms with Crippen molar-refractivity contribution in [3.8, 4) is 12.3 Å². The maximum atomic E-state index is 11.4. The van der Waals surface area contributed by atoms with E-state index < -0.39 is 5.60 Å². The number of nitrogens with zero attached hydrogens (tertiary/aromatic N) is 1. The van der Waals surface area contributed by atoms with Crippen LogP contribution in [-0.2, 0) is 4.79 Å². The molecule has 1 aliphatic rings. The fourth-order valence-corrected chi connectivity index (χ4v) is 1.39. The van der Waals surface area contributed by atoms with Crippen LogP contribution >= 0.6 is 0 Å². The molecule has 1 rings (SSSR count). The van der Waals surface area contributed by atoms with Crippen LogP contribution in [0.2, 0.25) is 0 Å². The van der Waals surface area contributed by atoms with Gasteiger partial charge >= 0.3 is 0 Å². The highest BCUT2D eigenvalue weighted by Crippen LogP contribution is 2.20. The van der Waals surface area contributed by atoms with Gasteiger partial charge in [-0.1, -0.05) is 5.92 Å². The molecule has 1 amide bonds. The Morgan fingerprint density at radius 3 is 2.92 bits per heavy atom. The van der Waals surface area contributed by atoms with E-state index in [4.69, 9.17) is 6.42 Å². The van der Waals surface area contributed by atoms with Crippen molar-refractivity contribution in [2.75, 3.05) is 13.6 Å². The van der Waals surface area contributed by atoms with E-state index in [1.807, 2.05) is 0 Å². The number of likely N-dealkylation sites (N-methyl/N-ethyl adjacent to an activating group) is 1. The number of rotatable bonds is 0. The van der Waals surface area contributed by atoms with Crippen molar-refractivity contribution in [3.63, 3.8) is 0 Å². The van der Waals surface area contributed by atoms with Gasteiger partial charge in [0, 0.05) is 13.6 Å². The molecule has 0 aromatic rings. The van der Waals surface area contributed by atoms with Crippen LogP contribution in [0, 0.1) is 12.3 Å². The predicted molar refractivity (Wildman–Crippen MR) is 45.3 cm³/mol. The minimum atomic E-state index is -1.55. The Morgan fingerprint density at radius 1 is 1.67 bits per heavy atom. The Balaban J connectivity index is 2.87. The van der Waals surface area contributed by atoms with Crippen LogP contribution in [0.3, 0.4) is 0 Å². The minimum Gasteiger partial charge on any atom is -0.369 e. The second kappa shape index (κ2) is 3.16. The standard InChI is InChI=1S/C9H13NO2/c1-3-9(12)6-4-5-7-10(2)8(9)11/h1,12H,4-7H2,2H3/t9-/m0/s1. The SMILES string of the molecule is C#C[C@]1(O)CCCCN(C)C1=O. The molecular formula is C9H13NO2. The molecule has 12 heavy (non-hydrogen) atoms. The first-order chi connectivity index (χ1) is 5.60. The molecule has 1 saturated heterocycles. The van der Waals surface area contributed by atoms with Crippen LogP contribution in [0.1, 0.15) is 19.3 Å². The fourth-order valence-electron chi connectivity index (χ4n) is 1.39. The smallest absolute Gasteiger partial charge is 0.266 e. The zero-order valence-corrected chi connectivity index (χ0v) is 7.21. The Labute approximate surface area is 72.4 Å². The number of hydrogen-bond acceptors (Lipinski definition) is 2. The summed E-state index contributed by atoms with van der Waals surface area (Å²) < 4.78 is 0. The Kier molecular flexibility index (Phi) is 2.39. The summed E-state index contributed by atoms with van der Waals surface area (Å²) in [5, 5.41) is 9.67. The normalized spacial score (nSPS) is 31.1. The largest absolute Gasteiger partial charge is 0.369 e. The zero-order valence-electron chi connectivity index (χ0n) is 7.21.